The summed E-state index contributed by atoms with van der Waals surface area (Å²) < 4.78 is 74.0. The summed E-state index contributed by atoms with van der Waals surface area (Å²) in [5.74, 6) is -12.1. The lowest BCUT2D eigenvalue weighted by molar-refractivity contribution is 0.101. The van der Waals surface area contributed by atoms with Crippen molar-refractivity contribution in [2.75, 3.05) is 5.32 Å². The second-order valence-corrected chi connectivity index (χ2v) is 7.83. The number of carbonyl (C=O) groups excluding carboxylic acids is 1. The van der Waals surface area contributed by atoms with Crippen LogP contribution in [0.2, 0.25) is 0 Å². The number of anilines is 1. The minimum atomic E-state index is -2.34. The van der Waals surface area contributed by atoms with Gasteiger partial charge in [-0.1, -0.05) is 26.0 Å². The van der Waals surface area contributed by atoms with E-state index in [1.807, 2.05) is 26.0 Å². The SMILES string of the molecule is Cc1ccc(-c2nc3cc(C(C)C)ccc3o2)cc1NC(=O)c1c(F)c(F)c(F)c(F)c1F. The van der Waals surface area contributed by atoms with Crippen LogP contribution >= 0.6 is 0 Å². The number of rotatable bonds is 4. The Kier molecular flexibility index (Phi) is 5.65. The molecule has 0 saturated carbocycles. The van der Waals surface area contributed by atoms with Crippen LogP contribution in [-0.2, 0) is 0 Å². The molecule has 1 heterocycles. The van der Waals surface area contributed by atoms with E-state index in [1.165, 1.54) is 6.07 Å². The number of carbonyl (C=O) groups is 1. The zero-order chi connectivity index (χ0) is 24.0. The number of hydrogen-bond acceptors (Lipinski definition) is 3. The maximum atomic E-state index is 14.0. The van der Waals surface area contributed by atoms with Gasteiger partial charge in [0.15, 0.2) is 28.9 Å². The van der Waals surface area contributed by atoms with Crippen LogP contribution in [0.5, 0.6) is 0 Å². The molecule has 9 heteroatoms. The molecule has 170 valence electrons. The van der Waals surface area contributed by atoms with Crippen LogP contribution in [0.3, 0.4) is 0 Å². The number of hydrogen-bond donors (Lipinski definition) is 1. The van der Waals surface area contributed by atoms with Crippen molar-refractivity contribution >= 4 is 22.7 Å². The molecule has 4 nitrogen and oxygen atoms in total. The van der Waals surface area contributed by atoms with E-state index in [0.29, 0.717) is 22.2 Å². The molecule has 3 aromatic carbocycles. The first-order valence-corrected chi connectivity index (χ1v) is 9.92. The van der Waals surface area contributed by atoms with E-state index < -0.39 is 40.6 Å². The summed E-state index contributed by atoms with van der Waals surface area (Å²) in [7, 11) is 0. The standard InChI is InChI=1S/C24H17F5N2O2/c1-10(2)12-6-7-16-15(8-12)31-24(33-16)13-5-4-11(3)14(9-13)30-23(32)17-18(25)20(27)22(29)21(28)19(17)26/h4-10H,1-3H3,(H,30,32). The summed E-state index contributed by atoms with van der Waals surface area (Å²) >= 11 is 0. The fourth-order valence-corrected chi connectivity index (χ4v) is 3.31. The number of aryl methyl sites for hydroxylation is 1. The molecule has 0 fully saturated rings. The Morgan fingerprint density at radius 3 is 2.18 bits per heavy atom. The van der Waals surface area contributed by atoms with Crippen molar-refractivity contribution in [1.29, 1.82) is 0 Å². The van der Waals surface area contributed by atoms with Gasteiger partial charge in [0, 0.05) is 11.3 Å². The minimum Gasteiger partial charge on any atom is -0.436 e. The molecule has 4 rings (SSSR count). The number of benzene rings is 3. The minimum absolute atomic E-state index is 0.0894. The third-order valence-corrected chi connectivity index (χ3v) is 5.25. The molecule has 0 aliphatic carbocycles. The first kappa shape index (κ1) is 22.4. The highest BCUT2D eigenvalue weighted by Gasteiger charge is 2.30. The van der Waals surface area contributed by atoms with Gasteiger partial charge in [0.2, 0.25) is 11.7 Å². The summed E-state index contributed by atoms with van der Waals surface area (Å²) in [6.07, 6.45) is 0. The molecule has 1 N–H and O–H groups in total. The van der Waals surface area contributed by atoms with Crippen molar-refractivity contribution in [2.24, 2.45) is 0 Å². The van der Waals surface area contributed by atoms with Gasteiger partial charge in [-0.25, -0.2) is 26.9 Å². The Hall–Kier alpha value is -3.75. The molecular formula is C24H17F5N2O2. The lowest BCUT2D eigenvalue weighted by atomic mass is 10.0. The molecule has 33 heavy (non-hydrogen) atoms. The molecule has 1 amide bonds. The Bertz CT molecular complexity index is 1380. The van der Waals surface area contributed by atoms with Crippen molar-refractivity contribution in [3.05, 3.63) is 82.2 Å². The third kappa shape index (κ3) is 3.94. The quantitative estimate of drug-likeness (QED) is 0.205. The summed E-state index contributed by atoms with van der Waals surface area (Å²) in [6.45, 7) is 5.68. The maximum absolute atomic E-state index is 14.0. The lowest BCUT2D eigenvalue weighted by Crippen LogP contribution is -2.19. The number of fused-ring (bicyclic) bond motifs is 1. The van der Waals surface area contributed by atoms with Crippen molar-refractivity contribution in [1.82, 2.24) is 4.98 Å². The van der Waals surface area contributed by atoms with Gasteiger partial charge in [-0.2, -0.15) is 0 Å². The average molecular weight is 460 g/mol. The number of oxazole rings is 1. The van der Waals surface area contributed by atoms with Crippen molar-refractivity contribution < 1.29 is 31.2 Å². The first-order chi connectivity index (χ1) is 15.6. The van der Waals surface area contributed by atoms with E-state index in [0.717, 1.165) is 5.56 Å². The normalized spacial score (nSPS) is 11.4. The van der Waals surface area contributed by atoms with Gasteiger partial charge < -0.3 is 9.73 Å². The Morgan fingerprint density at radius 2 is 1.55 bits per heavy atom. The first-order valence-electron chi connectivity index (χ1n) is 9.92. The zero-order valence-electron chi connectivity index (χ0n) is 17.7. The molecule has 0 spiro atoms. The van der Waals surface area contributed by atoms with Gasteiger partial charge in [-0.15, -0.1) is 0 Å². The van der Waals surface area contributed by atoms with Crippen LogP contribution in [-0.4, -0.2) is 10.9 Å². The smallest absolute Gasteiger partial charge is 0.261 e. The second-order valence-electron chi connectivity index (χ2n) is 7.83. The van der Waals surface area contributed by atoms with Crippen molar-refractivity contribution in [3.8, 4) is 11.5 Å². The topological polar surface area (TPSA) is 55.1 Å². The van der Waals surface area contributed by atoms with Gasteiger partial charge in [0.05, 0.1) is 0 Å². The van der Waals surface area contributed by atoms with Crippen LogP contribution in [0.4, 0.5) is 27.6 Å². The number of aromatic nitrogens is 1. The molecule has 0 atom stereocenters. The largest absolute Gasteiger partial charge is 0.436 e. The molecule has 0 bridgehead atoms. The fourth-order valence-electron chi connectivity index (χ4n) is 3.31. The highest BCUT2D eigenvalue weighted by atomic mass is 19.2. The van der Waals surface area contributed by atoms with Crippen LogP contribution in [0, 0.1) is 36.0 Å². The second kappa shape index (κ2) is 8.31. The third-order valence-electron chi connectivity index (χ3n) is 5.25. The van der Waals surface area contributed by atoms with Crippen molar-refractivity contribution in [3.63, 3.8) is 0 Å². The molecule has 0 unspecified atom stereocenters. The summed E-state index contributed by atoms with van der Waals surface area (Å²) in [6, 6.07) is 10.3. The molecule has 4 aromatic rings. The fraction of sp³-hybridized carbons (Fsp3) is 0.167. The molecule has 0 aliphatic heterocycles. The number of halogens is 5. The van der Waals surface area contributed by atoms with Crippen LogP contribution in [0.1, 0.15) is 41.3 Å². The molecule has 0 aliphatic rings. The molecular weight excluding hydrogens is 443 g/mol. The van der Waals surface area contributed by atoms with E-state index in [1.54, 1.807) is 25.1 Å². The van der Waals surface area contributed by atoms with Crippen molar-refractivity contribution in [2.45, 2.75) is 26.7 Å². The van der Waals surface area contributed by atoms with Gasteiger partial charge in [-0.3, -0.25) is 4.79 Å². The highest BCUT2D eigenvalue weighted by molar-refractivity contribution is 6.05. The van der Waals surface area contributed by atoms with Gasteiger partial charge >= 0.3 is 0 Å². The van der Waals surface area contributed by atoms with Crippen LogP contribution < -0.4 is 5.32 Å². The molecule has 0 radical (unpaired) electrons. The Morgan fingerprint density at radius 1 is 0.909 bits per heavy atom. The van der Waals surface area contributed by atoms with Crippen LogP contribution in [0.15, 0.2) is 40.8 Å². The van der Waals surface area contributed by atoms with Gasteiger partial charge in [0.1, 0.15) is 11.1 Å². The van der Waals surface area contributed by atoms with Gasteiger partial charge in [0.25, 0.3) is 5.91 Å². The van der Waals surface area contributed by atoms with E-state index in [-0.39, 0.29) is 17.5 Å². The van der Waals surface area contributed by atoms with E-state index in [4.69, 9.17) is 4.42 Å². The Labute approximate surface area is 185 Å². The summed E-state index contributed by atoms with van der Waals surface area (Å²) in [4.78, 5) is 16.9. The van der Waals surface area contributed by atoms with E-state index in [2.05, 4.69) is 10.3 Å². The number of nitrogens with one attached hydrogen (secondary N) is 1. The monoisotopic (exact) mass is 460 g/mol. The predicted octanol–water partition coefficient (Wildman–Crippen LogP) is 6.87. The van der Waals surface area contributed by atoms with Crippen LogP contribution in [0.25, 0.3) is 22.6 Å². The lowest BCUT2D eigenvalue weighted by Gasteiger charge is -2.12. The summed E-state index contributed by atoms with van der Waals surface area (Å²) in [5, 5.41) is 2.21. The maximum Gasteiger partial charge on any atom is 0.261 e. The number of nitrogens with zero attached hydrogens (tertiary/aromatic N) is 1. The Balaban J connectivity index is 1.71. The highest BCUT2D eigenvalue weighted by Crippen LogP contribution is 2.30. The van der Waals surface area contributed by atoms with Gasteiger partial charge in [-0.05, 0) is 48.2 Å². The number of amides is 1. The summed E-state index contributed by atoms with van der Waals surface area (Å²) in [5.41, 5.74) is 1.68. The predicted molar refractivity (Wildman–Crippen MR) is 112 cm³/mol. The molecule has 1 aromatic heterocycles. The van der Waals surface area contributed by atoms with E-state index >= 15 is 0 Å². The van der Waals surface area contributed by atoms with E-state index in [9.17, 15) is 26.7 Å². The molecule has 0 saturated heterocycles. The zero-order valence-corrected chi connectivity index (χ0v) is 17.7. The average Bonchev–Trinajstić information content (AvgIpc) is 3.21.